The van der Waals surface area contributed by atoms with E-state index in [-0.39, 0.29) is 18.8 Å². The van der Waals surface area contributed by atoms with Crippen LogP contribution in [-0.2, 0) is 0 Å². The zero-order valence-electron chi connectivity index (χ0n) is 19.7. The van der Waals surface area contributed by atoms with Crippen LogP contribution in [0.25, 0.3) is 0 Å². The molecule has 0 fully saturated rings. The van der Waals surface area contributed by atoms with Crippen molar-refractivity contribution in [3.8, 4) is 11.5 Å². The van der Waals surface area contributed by atoms with E-state index in [9.17, 15) is 14.0 Å². The number of carbonyl (C=O) groups is 2. The van der Waals surface area contributed by atoms with E-state index < -0.39 is 17.9 Å². The Morgan fingerprint density at radius 2 is 1.38 bits per heavy atom. The monoisotopic (exact) mass is 562 g/mol. The van der Waals surface area contributed by atoms with Gasteiger partial charge in [-0.2, -0.15) is 0 Å². The summed E-state index contributed by atoms with van der Waals surface area (Å²) in [4.78, 5) is 26.9. The number of nitrogens with one attached hydrogen (secondary N) is 3. The summed E-state index contributed by atoms with van der Waals surface area (Å²) in [6, 6.07) is 28.4. The predicted octanol–water partition coefficient (Wildman–Crippen LogP) is 7.24. The maximum absolute atomic E-state index is 14.2. The maximum Gasteiger partial charge on any atom is 0.326 e. The lowest BCUT2D eigenvalue weighted by Gasteiger charge is -2.24. The van der Waals surface area contributed by atoms with Gasteiger partial charge < -0.3 is 20.7 Å². The Morgan fingerprint density at radius 3 is 2.08 bits per heavy atom. The van der Waals surface area contributed by atoms with Gasteiger partial charge in [0, 0.05) is 23.2 Å². The second-order valence-corrected chi connectivity index (χ2v) is 8.69. The van der Waals surface area contributed by atoms with E-state index in [1.165, 1.54) is 17.0 Å². The molecule has 4 aromatic rings. The van der Waals surface area contributed by atoms with Gasteiger partial charge in [-0.1, -0.05) is 42.5 Å². The molecule has 0 heterocycles. The number of urea groups is 2. The quantitative estimate of drug-likeness (QED) is 0.211. The molecular weight excluding hydrogens is 539 g/mol. The van der Waals surface area contributed by atoms with Crippen LogP contribution in [0.4, 0.5) is 31.0 Å². The molecule has 9 heteroatoms. The number of ether oxygens (including phenoxy) is 1. The lowest BCUT2D eigenvalue weighted by Crippen LogP contribution is -2.42. The SMILES string of the molecule is O=C(NCCN(C(=O)Nc1ccccc1F)c1ccc(Oc2ccccc2)cc1)Nc1ccccc1Br. The summed E-state index contributed by atoms with van der Waals surface area (Å²) in [6.07, 6.45) is 0. The van der Waals surface area contributed by atoms with E-state index >= 15 is 0 Å². The van der Waals surface area contributed by atoms with E-state index in [0.717, 1.165) is 4.47 Å². The number of hydrogen-bond donors (Lipinski definition) is 3. The Hall–Kier alpha value is -4.37. The van der Waals surface area contributed by atoms with Crippen molar-refractivity contribution < 1.29 is 18.7 Å². The first-order valence-corrected chi connectivity index (χ1v) is 12.2. The van der Waals surface area contributed by atoms with E-state index in [4.69, 9.17) is 4.74 Å². The molecule has 0 aliphatic rings. The van der Waals surface area contributed by atoms with Crippen LogP contribution in [0.3, 0.4) is 0 Å². The second kappa shape index (κ2) is 12.5. The van der Waals surface area contributed by atoms with Crippen molar-refractivity contribution in [1.82, 2.24) is 5.32 Å². The molecule has 4 amide bonds. The summed E-state index contributed by atoms with van der Waals surface area (Å²) < 4.78 is 20.7. The standard InChI is InChI=1S/C28H24BrFN4O3/c29-23-10-4-6-12-25(23)32-27(35)31-18-19-34(28(36)33-26-13-7-5-11-24(26)30)20-14-16-22(17-15-20)37-21-8-2-1-3-9-21/h1-17H,18-19H2,(H,33,36)(H2,31,32,35). The van der Waals surface area contributed by atoms with Crippen LogP contribution in [0.2, 0.25) is 0 Å². The number of amides is 4. The Balaban J connectivity index is 1.45. The number of hydrogen-bond acceptors (Lipinski definition) is 3. The summed E-state index contributed by atoms with van der Waals surface area (Å²) in [5.41, 5.74) is 1.21. The first-order valence-electron chi connectivity index (χ1n) is 11.4. The first kappa shape index (κ1) is 25.7. The highest BCUT2D eigenvalue weighted by molar-refractivity contribution is 9.10. The molecule has 0 bridgehead atoms. The molecule has 37 heavy (non-hydrogen) atoms. The van der Waals surface area contributed by atoms with Gasteiger partial charge in [0.2, 0.25) is 0 Å². The van der Waals surface area contributed by atoms with Crippen LogP contribution in [0, 0.1) is 5.82 Å². The van der Waals surface area contributed by atoms with Crippen molar-refractivity contribution in [3.63, 3.8) is 0 Å². The number of halogens is 2. The van der Waals surface area contributed by atoms with E-state index in [0.29, 0.717) is 22.9 Å². The lowest BCUT2D eigenvalue weighted by atomic mass is 10.2. The van der Waals surface area contributed by atoms with Gasteiger partial charge in [-0.3, -0.25) is 4.90 Å². The number of para-hydroxylation sites is 3. The van der Waals surface area contributed by atoms with Crippen molar-refractivity contribution in [2.45, 2.75) is 0 Å². The molecule has 0 spiro atoms. The van der Waals surface area contributed by atoms with Gasteiger partial charge in [-0.25, -0.2) is 14.0 Å². The van der Waals surface area contributed by atoms with Gasteiger partial charge in [-0.05, 0) is 76.6 Å². The normalized spacial score (nSPS) is 10.3. The van der Waals surface area contributed by atoms with Crippen molar-refractivity contribution >= 4 is 45.1 Å². The first-order chi connectivity index (χ1) is 18.0. The molecule has 7 nitrogen and oxygen atoms in total. The third-order valence-corrected chi connectivity index (χ3v) is 5.92. The van der Waals surface area contributed by atoms with Gasteiger partial charge >= 0.3 is 12.1 Å². The van der Waals surface area contributed by atoms with Crippen molar-refractivity contribution in [2.75, 3.05) is 28.6 Å². The highest BCUT2D eigenvalue weighted by Crippen LogP contribution is 2.25. The topological polar surface area (TPSA) is 82.7 Å². The van der Waals surface area contributed by atoms with Crippen LogP contribution in [0.1, 0.15) is 0 Å². The van der Waals surface area contributed by atoms with Gasteiger partial charge in [0.05, 0.1) is 11.4 Å². The summed E-state index contributed by atoms with van der Waals surface area (Å²) in [5.74, 6) is 0.730. The molecule has 4 aromatic carbocycles. The molecule has 3 N–H and O–H groups in total. The van der Waals surface area contributed by atoms with Gasteiger partial charge in [0.15, 0.2) is 0 Å². The second-order valence-electron chi connectivity index (χ2n) is 7.83. The van der Waals surface area contributed by atoms with Crippen LogP contribution in [-0.4, -0.2) is 25.2 Å². The Morgan fingerprint density at radius 1 is 0.757 bits per heavy atom. The largest absolute Gasteiger partial charge is 0.457 e. The molecule has 0 radical (unpaired) electrons. The summed E-state index contributed by atoms with van der Waals surface area (Å²) in [5, 5.41) is 8.09. The zero-order valence-corrected chi connectivity index (χ0v) is 21.2. The summed E-state index contributed by atoms with van der Waals surface area (Å²) in [6.45, 7) is 0.270. The van der Waals surface area contributed by atoms with Crippen molar-refractivity contribution in [3.05, 3.63) is 113 Å². The fourth-order valence-electron chi connectivity index (χ4n) is 3.42. The smallest absolute Gasteiger partial charge is 0.326 e. The number of rotatable bonds is 8. The third kappa shape index (κ3) is 7.31. The zero-order chi connectivity index (χ0) is 26.0. The number of anilines is 3. The average Bonchev–Trinajstić information content (AvgIpc) is 2.90. The van der Waals surface area contributed by atoms with Crippen LogP contribution >= 0.6 is 15.9 Å². The average molecular weight is 563 g/mol. The highest BCUT2D eigenvalue weighted by atomic mass is 79.9. The van der Waals surface area contributed by atoms with Gasteiger partial charge in [0.1, 0.15) is 17.3 Å². The Kier molecular flexibility index (Phi) is 8.72. The van der Waals surface area contributed by atoms with Crippen molar-refractivity contribution in [1.29, 1.82) is 0 Å². The fourth-order valence-corrected chi connectivity index (χ4v) is 3.81. The van der Waals surface area contributed by atoms with Crippen LogP contribution in [0.15, 0.2) is 108 Å². The van der Waals surface area contributed by atoms with Gasteiger partial charge in [-0.15, -0.1) is 0 Å². The number of carbonyl (C=O) groups excluding carboxylic acids is 2. The molecule has 0 unspecified atom stereocenters. The van der Waals surface area contributed by atoms with E-state index in [1.54, 1.807) is 48.5 Å². The lowest BCUT2D eigenvalue weighted by molar-refractivity contribution is 0.250. The Bertz CT molecular complexity index is 1350. The fraction of sp³-hybridized carbons (Fsp3) is 0.0714. The summed E-state index contributed by atoms with van der Waals surface area (Å²) >= 11 is 3.39. The molecule has 0 atom stereocenters. The van der Waals surface area contributed by atoms with Crippen LogP contribution in [0.5, 0.6) is 11.5 Å². The number of nitrogens with zero attached hydrogens (tertiary/aromatic N) is 1. The summed E-state index contributed by atoms with van der Waals surface area (Å²) in [7, 11) is 0. The molecule has 188 valence electrons. The molecular formula is C28H24BrFN4O3. The minimum absolute atomic E-state index is 0.0566. The third-order valence-electron chi connectivity index (χ3n) is 5.23. The van der Waals surface area contributed by atoms with Crippen LogP contribution < -0.4 is 25.6 Å². The van der Waals surface area contributed by atoms with E-state index in [2.05, 4.69) is 31.9 Å². The predicted molar refractivity (Wildman–Crippen MR) is 147 cm³/mol. The molecule has 0 aromatic heterocycles. The van der Waals surface area contributed by atoms with Crippen molar-refractivity contribution in [2.24, 2.45) is 0 Å². The minimum Gasteiger partial charge on any atom is -0.457 e. The minimum atomic E-state index is -0.548. The molecule has 0 saturated carbocycles. The number of benzene rings is 4. The Labute approximate surface area is 222 Å². The van der Waals surface area contributed by atoms with Gasteiger partial charge in [0.25, 0.3) is 0 Å². The molecule has 4 rings (SSSR count). The highest BCUT2D eigenvalue weighted by Gasteiger charge is 2.18. The molecule has 0 aliphatic carbocycles. The van der Waals surface area contributed by atoms with E-state index in [1.807, 2.05) is 42.5 Å². The molecule has 0 saturated heterocycles. The molecule has 0 aliphatic heterocycles. The maximum atomic E-state index is 14.2.